The van der Waals surface area contributed by atoms with Gasteiger partial charge in [0.05, 0.1) is 27.6 Å². The van der Waals surface area contributed by atoms with Crippen molar-refractivity contribution in [3.8, 4) is 0 Å². The molecule has 1 atom stereocenters. The molecule has 2 heterocycles. The number of rotatable bonds is 3. The van der Waals surface area contributed by atoms with Crippen molar-refractivity contribution in [2.75, 3.05) is 24.6 Å². The van der Waals surface area contributed by atoms with Crippen LogP contribution in [-0.2, 0) is 14.6 Å². The molecule has 1 aliphatic heterocycles. The van der Waals surface area contributed by atoms with E-state index in [1.807, 2.05) is 6.07 Å². The lowest BCUT2D eigenvalue weighted by molar-refractivity contribution is -0.132. The van der Waals surface area contributed by atoms with E-state index in [2.05, 4.69) is 10.3 Å². The van der Waals surface area contributed by atoms with Crippen LogP contribution in [0.4, 0.5) is 0 Å². The molecule has 0 aliphatic carbocycles. The number of halogens is 1. The minimum absolute atomic E-state index is 0.0477. The molecule has 3 rings (SSSR count). The van der Waals surface area contributed by atoms with Crippen LogP contribution < -0.4 is 5.32 Å². The normalized spacial score (nSPS) is 17.5. The van der Waals surface area contributed by atoms with Crippen molar-refractivity contribution in [1.82, 2.24) is 15.2 Å². The number of sulfone groups is 1. The maximum Gasteiger partial charge on any atom is 0.253 e. The molecule has 0 bridgehead atoms. The average Bonchev–Trinajstić information content (AvgIpc) is 2.62. The molecule has 1 N–H and O–H groups in total. The fourth-order valence-corrected chi connectivity index (χ4v) is 4.52. The summed E-state index contributed by atoms with van der Waals surface area (Å²) in [5.41, 5.74) is 1.71. The number of nitrogens with one attached hydrogen (secondary N) is 1. The Morgan fingerprint density at radius 1 is 1.26 bits per heavy atom. The summed E-state index contributed by atoms with van der Waals surface area (Å²) >= 11 is 6.14. The standard InChI is InChI=1S/C18H20ClN3O4S/c1-11-13-4-3-5-15(19)16(13)20-10-14(11)17(23)21-12(2)18(24)22-6-8-27(25,26)9-7-22/h3-5,10,12H,6-9H2,1-2H3,(H,21,23). The Hall–Kier alpha value is -2.19. The van der Waals surface area contributed by atoms with Gasteiger partial charge in [-0.1, -0.05) is 23.7 Å². The summed E-state index contributed by atoms with van der Waals surface area (Å²) in [4.78, 5) is 30.9. The van der Waals surface area contributed by atoms with Crippen LogP contribution in [0.1, 0.15) is 22.8 Å². The fraction of sp³-hybridized carbons (Fsp3) is 0.389. The zero-order valence-corrected chi connectivity index (χ0v) is 16.6. The number of para-hydroxylation sites is 1. The van der Waals surface area contributed by atoms with E-state index in [0.717, 1.165) is 10.9 Å². The highest BCUT2D eigenvalue weighted by atomic mass is 35.5. The van der Waals surface area contributed by atoms with Crippen LogP contribution >= 0.6 is 11.6 Å². The number of aromatic nitrogens is 1. The lowest BCUT2D eigenvalue weighted by Gasteiger charge is -2.29. The Labute approximate surface area is 162 Å². The number of pyridine rings is 1. The molecule has 1 aromatic carbocycles. The monoisotopic (exact) mass is 409 g/mol. The van der Waals surface area contributed by atoms with Crippen molar-refractivity contribution in [2.45, 2.75) is 19.9 Å². The van der Waals surface area contributed by atoms with Crippen LogP contribution in [0.3, 0.4) is 0 Å². The van der Waals surface area contributed by atoms with Crippen LogP contribution in [0.15, 0.2) is 24.4 Å². The summed E-state index contributed by atoms with van der Waals surface area (Å²) in [6, 6.07) is 4.59. The number of nitrogens with zero attached hydrogens (tertiary/aromatic N) is 2. The summed E-state index contributed by atoms with van der Waals surface area (Å²) in [5, 5.41) is 3.96. The molecule has 27 heavy (non-hydrogen) atoms. The first-order valence-corrected chi connectivity index (χ1v) is 10.7. The summed E-state index contributed by atoms with van der Waals surface area (Å²) < 4.78 is 23.0. The molecule has 1 unspecified atom stereocenters. The smallest absolute Gasteiger partial charge is 0.253 e. The van der Waals surface area contributed by atoms with Gasteiger partial charge in [0.15, 0.2) is 9.84 Å². The van der Waals surface area contributed by atoms with Gasteiger partial charge in [-0.05, 0) is 25.5 Å². The van der Waals surface area contributed by atoms with Gasteiger partial charge < -0.3 is 10.2 Å². The van der Waals surface area contributed by atoms with Crippen molar-refractivity contribution in [3.63, 3.8) is 0 Å². The van der Waals surface area contributed by atoms with Gasteiger partial charge in [0, 0.05) is 24.7 Å². The first kappa shape index (κ1) is 19.6. The Balaban J connectivity index is 1.74. The van der Waals surface area contributed by atoms with Gasteiger partial charge in [0.1, 0.15) is 6.04 Å². The highest BCUT2D eigenvalue weighted by molar-refractivity contribution is 7.91. The summed E-state index contributed by atoms with van der Waals surface area (Å²) in [5.74, 6) is -0.804. The van der Waals surface area contributed by atoms with Crippen LogP contribution in [-0.4, -0.2) is 60.8 Å². The molecule has 0 saturated carbocycles. The number of benzene rings is 1. The lowest BCUT2D eigenvalue weighted by atomic mass is 10.0. The molecule has 2 amide bonds. The van der Waals surface area contributed by atoms with Crippen molar-refractivity contribution in [3.05, 3.63) is 40.5 Å². The van der Waals surface area contributed by atoms with Crippen LogP contribution in [0.5, 0.6) is 0 Å². The molecule has 1 fully saturated rings. The molecule has 1 aromatic heterocycles. The quantitative estimate of drug-likeness (QED) is 0.830. The van der Waals surface area contributed by atoms with Crippen molar-refractivity contribution < 1.29 is 18.0 Å². The third-order valence-electron chi connectivity index (χ3n) is 4.74. The number of carbonyl (C=O) groups is 2. The van der Waals surface area contributed by atoms with Crippen LogP contribution in [0.2, 0.25) is 5.02 Å². The fourth-order valence-electron chi connectivity index (χ4n) is 3.09. The molecule has 144 valence electrons. The van der Waals surface area contributed by atoms with Crippen molar-refractivity contribution >= 4 is 44.2 Å². The number of hydrogen-bond acceptors (Lipinski definition) is 5. The van der Waals surface area contributed by atoms with Gasteiger partial charge in [0.2, 0.25) is 5.91 Å². The van der Waals surface area contributed by atoms with Gasteiger partial charge >= 0.3 is 0 Å². The Kier molecular flexibility index (Phi) is 5.39. The van der Waals surface area contributed by atoms with Gasteiger partial charge in [-0.3, -0.25) is 14.6 Å². The van der Waals surface area contributed by atoms with Crippen LogP contribution in [0.25, 0.3) is 10.9 Å². The van der Waals surface area contributed by atoms with Crippen molar-refractivity contribution in [2.24, 2.45) is 0 Å². The van der Waals surface area contributed by atoms with E-state index in [-0.39, 0.29) is 30.5 Å². The molecule has 2 aromatic rings. The predicted molar refractivity (Wildman–Crippen MR) is 104 cm³/mol. The van der Waals surface area contributed by atoms with Gasteiger partial charge in [-0.2, -0.15) is 0 Å². The molecule has 0 radical (unpaired) electrons. The number of aryl methyl sites for hydroxylation is 1. The molecule has 7 nitrogen and oxygen atoms in total. The van der Waals surface area contributed by atoms with E-state index >= 15 is 0 Å². The summed E-state index contributed by atoms with van der Waals surface area (Å²) in [7, 11) is -3.07. The second-order valence-electron chi connectivity index (χ2n) is 6.61. The van der Waals surface area contributed by atoms with E-state index in [1.54, 1.807) is 26.0 Å². The van der Waals surface area contributed by atoms with E-state index in [9.17, 15) is 18.0 Å². The van der Waals surface area contributed by atoms with Gasteiger partial charge in [-0.25, -0.2) is 8.42 Å². The first-order valence-electron chi connectivity index (χ1n) is 8.53. The number of hydrogen-bond donors (Lipinski definition) is 1. The first-order chi connectivity index (χ1) is 12.7. The maximum absolute atomic E-state index is 12.6. The number of carbonyl (C=O) groups excluding carboxylic acids is 2. The van der Waals surface area contributed by atoms with Gasteiger partial charge in [0.25, 0.3) is 5.91 Å². The third-order valence-corrected chi connectivity index (χ3v) is 6.65. The largest absolute Gasteiger partial charge is 0.340 e. The Bertz CT molecular complexity index is 1010. The second-order valence-corrected chi connectivity index (χ2v) is 9.32. The SMILES string of the molecule is Cc1c(C(=O)NC(C)C(=O)N2CCS(=O)(=O)CC2)cnc2c(Cl)cccc12. The average molecular weight is 410 g/mol. The summed E-state index contributed by atoms with van der Waals surface area (Å²) in [6.45, 7) is 3.69. The highest BCUT2D eigenvalue weighted by Crippen LogP contribution is 2.25. The minimum atomic E-state index is -3.07. The van der Waals surface area contributed by atoms with E-state index in [4.69, 9.17) is 11.6 Å². The zero-order chi connectivity index (χ0) is 19.8. The molecule has 1 saturated heterocycles. The molecular formula is C18H20ClN3O4S. The summed E-state index contributed by atoms with van der Waals surface area (Å²) in [6.07, 6.45) is 1.45. The molecule has 9 heteroatoms. The molecule has 0 spiro atoms. The van der Waals surface area contributed by atoms with E-state index in [1.165, 1.54) is 11.1 Å². The van der Waals surface area contributed by atoms with Crippen molar-refractivity contribution in [1.29, 1.82) is 0 Å². The Morgan fingerprint density at radius 3 is 2.59 bits per heavy atom. The van der Waals surface area contributed by atoms with Gasteiger partial charge in [-0.15, -0.1) is 0 Å². The number of fused-ring (bicyclic) bond motifs is 1. The van der Waals surface area contributed by atoms with E-state index < -0.39 is 21.8 Å². The maximum atomic E-state index is 12.6. The Morgan fingerprint density at radius 2 is 1.93 bits per heavy atom. The third kappa shape index (κ3) is 4.06. The zero-order valence-electron chi connectivity index (χ0n) is 15.0. The molecule has 1 aliphatic rings. The number of amides is 2. The minimum Gasteiger partial charge on any atom is -0.340 e. The molecular weight excluding hydrogens is 390 g/mol. The predicted octanol–water partition coefficient (Wildman–Crippen LogP) is 1.57. The highest BCUT2D eigenvalue weighted by Gasteiger charge is 2.29. The topological polar surface area (TPSA) is 96.4 Å². The van der Waals surface area contributed by atoms with E-state index in [0.29, 0.717) is 16.1 Å². The lowest BCUT2D eigenvalue weighted by Crippen LogP contribution is -2.51. The van der Waals surface area contributed by atoms with Crippen LogP contribution in [0, 0.1) is 6.92 Å². The second kappa shape index (κ2) is 7.44.